The summed E-state index contributed by atoms with van der Waals surface area (Å²) in [5.41, 5.74) is 1.62. The van der Waals surface area contributed by atoms with E-state index in [1.54, 1.807) is 23.3 Å². The summed E-state index contributed by atoms with van der Waals surface area (Å²) in [4.78, 5) is 19.2. The quantitative estimate of drug-likeness (QED) is 0.784. The zero-order chi connectivity index (χ0) is 17.1. The summed E-state index contributed by atoms with van der Waals surface area (Å²) < 4.78 is 1.68. The van der Waals surface area contributed by atoms with Gasteiger partial charge in [-0.25, -0.2) is 4.98 Å². The molecule has 7 nitrogen and oxygen atoms in total. The van der Waals surface area contributed by atoms with E-state index in [9.17, 15) is 4.79 Å². The van der Waals surface area contributed by atoms with Gasteiger partial charge in [-0.15, -0.1) is 10.2 Å². The van der Waals surface area contributed by atoms with Gasteiger partial charge in [0.05, 0.1) is 0 Å². The molecule has 126 valence electrons. The summed E-state index contributed by atoms with van der Waals surface area (Å²) in [7, 11) is 0. The number of rotatable bonds is 3. The SMILES string of the molecule is O=C(c1cccc(-n2cnnc2)n1)N1CCN[C@H](c2ccccc2)C1. The molecule has 1 fully saturated rings. The lowest BCUT2D eigenvalue weighted by Gasteiger charge is -2.33. The molecule has 1 atom stereocenters. The molecule has 1 saturated heterocycles. The highest BCUT2D eigenvalue weighted by atomic mass is 16.2. The van der Waals surface area contributed by atoms with Crippen molar-refractivity contribution in [1.82, 2.24) is 30.0 Å². The lowest BCUT2D eigenvalue weighted by Crippen LogP contribution is -2.48. The molecule has 0 saturated carbocycles. The Morgan fingerprint density at radius 2 is 1.84 bits per heavy atom. The minimum absolute atomic E-state index is 0.0580. The van der Waals surface area contributed by atoms with Crippen LogP contribution in [0, 0.1) is 0 Å². The average Bonchev–Trinajstić information content (AvgIpc) is 3.23. The fourth-order valence-corrected chi connectivity index (χ4v) is 3.01. The number of carbonyl (C=O) groups is 1. The van der Waals surface area contributed by atoms with Gasteiger partial charge >= 0.3 is 0 Å². The van der Waals surface area contributed by atoms with Gasteiger partial charge < -0.3 is 10.2 Å². The Hall–Kier alpha value is -3.06. The predicted octanol–water partition coefficient (Wildman–Crippen LogP) is 1.45. The summed E-state index contributed by atoms with van der Waals surface area (Å²) in [6.07, 6.45) is 3.12. The van der Waals surface area contributed by atoms with Gasteiger partial charge in [-0.3, -0.25) is 9.36 Å². The van der Waals surface area contributed by atoms with Crippen molar-refractivity contribution in [2.45, 2.75) is 6.04 Å². The molecule has 3 heterocycles. The monoisotopic (exact) mass is 334 g/mol. The summed E-state index contributed by atoms with van der Waals surface area (Å²) in [6, 6.07) is 15.7. The molecule has 1 aliphatic rings. The Labute approximate surface area is 145 Å². The van der Waals surface area contributed by atoms with E-state index in [0.29, 0.717) is 24.6 Å². The maximum Gasteiger partial charge on any atom is 0.272 e. The smallest absolute Gasteiger partial charge is 0.272 e. The lowest BCUT2D eigenvalue weighted by atomic mass is 10.0. The molecular weight excluding hydrogens is 316 g/mol. The molecule has 0 aliphatic carbocycles. The van der Waals surface area contributed by atoms with E-state index in [2.05, 4.69) is 32.6 Å². The van der Waals surface area contributed by atoms with Crippen molar-refractivity contribution in [2.24, 2.45) is 0 Å². The van der Waals surface area contributed by atoms with Crippen molar-refractivity contribution >= 4 is 5.91 Å². The summed E-state index contributed by atoms with van der Waals surface area (Å²) in [5, 5.41) is 11.0. The second-order valence-corrected chi connectivity index (χ2v) is 5.92. The van der Waals surface area contributed by atoms with Crippen molar-refractivity contribution in [3.05, 3.63) is 72.4 Å². The standard InChI is InChI=1S/C18H18N6O/c25-18(15-7-4-8-17(22-15)24-12-20-21-13-24)23-10-9-19-16(11-23)14-5-2-1-3-6-14/h1-8,12-13,16,19H,9-11H2/t16-/m0/s1. The second-order valence-electron chi connectivity index (χ2n) is 5.92. The molecule has 1 aliphatic heterocycles. The summed E-state index contributed by atoms with van der Waals surface area (Å²) in [5.74, 6) is 0.572. The highest BCUT2D eigenvalue weighted by molar-refractivity contribution is 5.92. The van der Waals surface area contributed by atoms with E-state index in [1.807, 2.05) is 35.2 Å². The highest BCUT2D eigenvalue weighted by Crippen LogP contribution is 2.18. The van der Waals surface area contributed by atoms with Gasteiger partial charge in [-0.05, 0) is 17.7 Å². The van der Waals surface area contributed by atoms with Crippen LogP contribution < -0.4 is 5.32 Å². The van der Waals surface area contributed by atoms with Crippen LogP contribution in [-0.4, -0.2) is 50.2 Å². The van der Waals surface area contributed by atoms with E-state index in [4.69, 9.17) is 0 Å². The largest absolute Gasteiger partial charge is 0.334 e. The van der Waals surface area contributed by atoms with Gasteiger partial charge in [0.2, 0.25) is 0 Å². The number of nitrogens with one attached hydrogen (secondary N) is 1. The van der Waals surface area contributed by atoms with Crippen LogP contribution in [0.15, 0.2) is 61.2 Å². The van der Waals surface area contributed by atoms with Gasteiger partial charge in [-0.1, -0.05) is 36.4 Å². The molecule has 1 N–H and O–H groups in total. The molecule has 0 radical (unpaired) electrons. The van der Waals surface area contributed by atoms with Gasteiger partial charge in [-0.2, -0.15) is 0 Å². The zero-order valence-corrected chi connectivity index (χ0v) is 13.6. The third-order valence-corrected chi connectivity index (χ3v) is 4.30. The first kappa shape index (κ1) is 15.5. The third kappa shape index (κ3) is 3.27. The molecular formula is C18H18N6O. The van der Waals surface area contributed by atoms with Gasteiger partial charge in [0, 0.05) is 25.7 Å². The van der Waals surface area contributed by atoms with Crippen molar-refractivity contribution in [3.8, 4) is 5.82 Å². The molecule has 2 aromatic heterocycles. The molecule has 3 aromatic rings. The van der Waals surface area contributed by atoms with Crippen LogP contribution in [0.4, 0.5) is 0 Å². The normalized spacial score (nSPS) is 17.4. The molecule has 0 bridgehead atoms. The van der Waals surface area contributed by atoms with E-state index in [0.717, 1.165) is 6.54 Å². The summed E-state index contributed by atoms with van der Waals surface area (Å²) >= 11 is 0. The fourth-order valence-electron chi connectivity index (χ4n) is 3.01. The number of nitrogens with zero attached hydrogens (tertiary/aromatic N) is 5. The topological polar surface area (TPSA) is 75.9 Å². The Balaban J connectivity index is 1.53. The van der Waals surface area contributed by atoms with Crippen molar-refractivity contribution in [3.63, 3.8) is 0 Å². The van der Waals surface area contributed by atoms with Crippen molar-refractivity contribution < 1.29 is 4.79 Å². The van der Waals surface area contributed by atoms with Crippen LogP contribution in [0.3, 0.4) is 0 Å². The number of carbonyl (C=O) groups excluding carboxylic acids is 1. The molecule has 25 heavy (non-hydrogen) atoms. The third-order valence-electron chi connectivity index (χ3n) is 4.30. The molecule has 4 rings (SSSR count). The van der Waals surface area contributed by atoms with Crippen LogP contribution in [0.2, 0.25) is 0 Å². The number of pyridine rings is 1. The number of benzene rings is 1. The molecule has 0 spiro atoms. The number of hydrogen-bond donors (Lipinski definition) is 1. The number of aromatic nitrogens is 4. The van der Waals surface area contributed by atoms with E-state index < -0.39 is 0 Å². The van der Waals surface area contributed by atoms with Crippen LogP contribution in [-0.2, 0) is 0 Å². The van der Waals surface area contributed by atoms with E-state index >= 15 is 0 Å². The maximum atomic E-state index is 12.9. The van der Waals surface area contributed by atoms with E-state index in [1.165, 1.54) is 5.56 Å². The number of amides is 1. The van der Waals surface area contributed by atoms with Crippen LogP contribution in [0.5, 0.6) is 0 Å². The lowest BCUT2D eigenvalue weighted by molar-refractivity contribution is 0.0697. The summed E-state index contributed by atoms with van der Waals surface area (Å²) in [6.45, 7) is 2.05. The van der Waals surface area contributed by atoms with Crippen molar-refractivity contribution in [2.75, 3.05) is 19.6 Å². The van der Waals surface area contributed by atoms with Crippen LogP contribution in [0.25, 0.3) is 5.82 Å². The molecule has 7 heteroatoms. The first-order valence-corrected chi connectivity index (χ1v) is 8.21. The average molecular weight is 334 g/mol. The number of piperazine rings is 1. The minimum Gasteiger partial charge on any atom is -0.334 e. The van der Waals surface area contributed by atoms with Crippen LogP contribution in [0.1, 0.15) is 22.1 Å². The van der Waals surface area contributed by atoms with Gasteiger partial charge in [0.1, 0.15) is 24.2 Å². The Morgan fingerprint density at radius 3 is 2.64 bits per heavy atom. The Kier molecular flexibility index (Phi) is 4.22. The maximum absolute atomic E-state index is 12.9. The highest BCUT2D eigenvalue weighted by Gasteiger charge is 2.25. The van der Waals surface area contributed by atoms with Gasteiger partial charge in [0.25, 0.3) is 5.91 Å². The Bertz CT molecular complexity index is 849. The fraction of sp³-hybridized carbons (Fsp3) is 0.222. The number of hydrogen-bond acceptors (Lipinski definition) is 5. The minimum atomic E-state index is -0.0580. The zero-order valence-electron chi connectivity index (χ0n) is 13.6. The van der Waals surface area contributed by atoms with E-state index in [-0.39, 0.29) is 11.9 Å². The Morgan fingerprint density at radius 1 is 1.04 bits per heavy atom. The second kappa shape index (κ2) is 6.82. The van der Waals surface area contributed by atoms with Crippen LogP contribution >= 0.6 is 0 Å². The molecule has 1 amide bonds. The van der Waals surface area contributed by atoms with Gasteiger partial charge in [0.15, 0.2) is 0 Å². The first-order valence-electron chi connectivity index (χ1n) is 8.21. The molecule has 0 unspecified atom stereocenters. The molecule has 1 aromatic carbocycles. The van der Waals surface area contributed by atoms with Crippen molar-refractivity contribution in [1.29, 1.82) is 0 Å². The predicted molar refractivity (Wildman–Crippen MR) is 92.2 cm³/mol. The first-order chi connectivity index (χ1) is 12.3.